The molecule has 3 rings (SSSR count). The Morgan fingerprint density at radius 2 is 1.61 bits per heavy atom. The van der Waals surface area contributed by atoms with Crippen LogP contribution in [0.3, 0.4) is 0 Å². The van der Waals surface area contributed by atoms with Gasteiger partial charge in [0.15, 0.2) is 0 Å². The van der Waals surface area contributed by atoms with E-state index in [1.807, 2.05) is 18.2 Å². The molecule has 0 bridgehead atoms. The van der Waals surface area contributed by atoms with E-state index >= 15 is 0 Å². The third kappa shape index (κ3) is 4.07. The van der Waals surface area contributed by atoms with Crippen LogP contribution in [0.25, 0.3) is 0 Å². The van der Waals surface area contributed by atoms with Gasteiger partial charge in [-0.2, -0.15) is 0 Å². The summed E-state index contributed by atoms with van der Waals surface area (Å²) >= 11 is 0. The molecule has 0 aliphatic carbocycles. The number of halogens is 1. The van der Waals surface area contributed by atoms with Crippen LogP contribution in [0.5, 0.6) is 0 Å². The van der Waals surface area contributed by atoms with Crippen molar-refractivity contribution in [3.05, 3.63) is 66.0 Å². The minimum atomic E-state index is -0.413. The summed E-state index contributed by atoms with van der Waals surface area (Å²) < 4.78 is 13.6. The molecule has 23 heavy (non-hydrogen) atoms. The molecule has 0 aromatic heterocycles. The van der Waals surface area contributed by atoms with E-state index in [2.05, 4.69) is 22.3 Å². The third-order valence-corrected chi connectivity index (χ3v) is 4.02. The van der Waals surface area contributed by atoms with Gasteiger partial charge in [0.2, 0.25) is 0 Å². The summed E-state index contributed by atoms with van der Waals surface area (Å²) in [5.41, 5.74) is 1.50. The van der Waals surface area contributed by atoms with Crippen LogP contribution in [-0.4, -0.2) is 42.0 Å². The highest BCUT2D eigenvalue weighted by atomic mass is 19.1. The first-order valence-electron chi connectivity index (χ1n) is 7.79. The lowest BCUT2D eigenvalue weighted by Gasteiger charge is -2.34. The van der Waals surface area contributed by atoms with Gasteiger partial charge >= 0.3 is 6.03 Å². The number of rotatable bonds is 3. The van der Waals surface area contributed by atoms with Crippen molar-refractivity contribution >= 4 is 11.7 Å². The maximum atomic E-state index is 13.6. The zero-order valence-corrected chi connectivity index (χ0v) is 12.9. The van der Waals surface area contributed by atoms with Gasteiger partial charge in [-0.05, 0) is 17.7 Å². The van der Waals surface area contributed by atoms with E-state index in [1.54, 1.807) is 23.1 Å². The van der Waals surface area contributed by atoms with E-state index in [0.717, 1.165) is 19.6 Å². The predicted molar refractivity (Wildman–Crippen MR) is 88.7 cm³/mol. The SMILES string of the molecule is O=C(Nc1ccccc1F)N1CCN(Cc2ccccc2)CC1. The number of nitrogens with zero attached hydrogens (tertiary/aromatic N) is 2. The number of carbonyl (C=O) groups is 1. The lowest BCUT2D eigenvalue weighted by Crippen LogP contribution is -2.49. The summed E-state index contributed by atoms with van der Waals surface area (Å²) in [6.07, 6.45) is 0. The number of urea groups is 1. The Labute approximate surface area is 135 Å². The van der Waals surface area contributed by atoms with Crippen molar-refractivity contribution in [2.45, 2.75) is 6.54 Å². The Hall–Kier alpha value is -2.40. The van der Waals surface area contributed by atoms with Crippen molar-refractivity contribution in [3.8, 4) is 0 Å². The molecule has 0 atom stereocenters. The molecule has 120 valence electrons. The van der Waals surface area contributed by atoms with Crippen molar-refractivity contribution < 1.29 is 9.18 Å². The number of benzene rings is 2. The van der Waals surface area contributed by atoms with Gasteiger partial charge in [0.1, 0.15) is 5.82 Å². The van der Waals surface area contributed by atoms with Gasteiger partial charge in [0.25, 0.3) is 0 Å². The molecule has 1 heterocycles. The Kier molecular flexibility index (Phi) is 4.88. The van der Waals surface area contributed by atoms with E-state index in [-0.39, 0.29) is 11.7 Å². The Balaban J connectivity index is 1.50. The van der Waals surface area contributed by atoms with Gasteiger partial charge in [-0.3, -0.25) is 4.90 Å². The van der Waals surface area contributed by atoms with Crippen LogP contribution >= 0.6 is 0 Å². The molecule has 1 aliphatic rings. The number of anilines is 1. The number of carbonyl (C=O) groups excluding carboxylic acids is 1. The number of amides is 2. The molecule has 1 aliphatic heterocycles. The van der Waals surface area contributed by atoms with Crippen LogP contribution in [0.1, 0.15) is 5.56 Å². The fraction of sp³-hybridized carbons (Fsp3) is 0.278. The van der Waals surface area contributed by atoms with Crippen LogP contribution in [0, 0.1) is 5.82 Å². The predicted octanol–water partition coefficient (Wildman–Crippen LogP) is 3.18. The summed E-state index contributed by atoms with van der Waals surface area (Å²) in [4.78, 5) is 16.3. The molecule has 2 amide bonds. The molecule has 0 radical (unpaired) electrons. The number of hydrogen-bond donors (Lipinski definition) is 1. The van der Waals surface area contributed by atoms with Crippen molar-refractivity contribution in [2.75, 3.05) is 31.5 Å². The second kappa shape index (κ2) is 7.24. The zero-order valence-electron chi connectivity index (χ0n) is 12.9. The minimum Gasteiger partial charge on any atom is -0.322 e. The molecule has 5 heteroatoms. The van der Waals surface area contributed by atoms with Gasteiger partial charge in [0, 0.05) is 32.7 Å². The van der Waals surface area contributed by atoms with E-state index in [9.17, 15) is 9.18 Å². The minimum absolute atomic E-state index is 0.226. The largest absolute Gasteiger partial charge is 0.322 e. The lowest BCUT2D eigenvalue weighted by atomic mass is 10.2. The highest BCUT2D eigenvalue weighted by Crippen LogP contribution is 2.14. The highest BCUT2D eigenvalue weighted by molar-refractivity contribution is 5.89. The van der Waals surface area contributed by atoms with Crippen LogP contribution in [0.2, 0.25) is 0 Å². The maximum Gasteiger partial charge on any atom is 0.322 e. The molecule has 1 saturated heterocycles. The molecule has 0 unspecified atom stereocenters. The van der Waals surface area contributed by atoms with Crippen LogP contribution in [0.15, 0.2) is 54.6 Å². The quantitative estimate of drug-likeness (QED) is 0.944. The Morgan fingerprint density at radius 1 is 0.957 bits per heavy atom. The van der Waals surface area contributed by atoms with E-state index in [1.165, 1.54) is 11.6 Å². The number of nitrogens with one attached hydrogen (secondary N) is 1. The first-order valence-corrected chi connectivity index (χ1v) is 7.79. The van der Waals surface area contributed by atoms with Crippen molar-refractivity contribution in [2.24, 2.45) is 0 Å². The topological polar surface area (TPSA) is 35.6 Å². The van der Waals surface area contributed by atoms with Gasteiger partial charge in [-0.25, -0.2) is 9.18 Å². The van der Waals surface area contributed by atoms with Gasteiger partial charge in [-0.15, -0.1) is 0 Å². The van der Waals surface area contributed by atoms with Crippen molar-refractivity contribution in [1.29, 1.82) is 0 Å². The molecular formula is C18H20FN3O. The molecule has 0 spiro atoms. The molecule has 1 fully saturated rings. The van der Waals surface area contributed by atoms with Crippen LogP contribution < -0.4 is 5.32 Å². The van der Waals surface area contributed by atoms with Crippen LogP contribution in [0.4, 0.5) is 14.9 Å². The summed E-state index contributed by atoms with van der Waals surface area (Å²) in [6, 6.07) is 16.3. The summed E-state index contributed by atoms with van der Waals surface area (Å²) in [5, 5.41) is 2.64. The standard InChI is InChI=1S/C18H20FN3O/c19-16-8-4-5-9-17(16)20-18(23)22-12-10-21(11-13-22)14-15-6-2-1-3-7-15/h1-9H,10-14H2,(H,20,23). The molecule has 2 aromatic rings. The summed E-state index contributed by atoms with van der Waals surface area (Å²) in [6.45, 7) is 3.82. The van der Waals surface area contributed by atoms with Crippen molar-refractivity contribution in [1.82, 2.24) is 9.80 Å². The monoisotopic (exact) mass is 313 g/mol. The fourth-order valence-electron chi connectivity index (χ4n) is 2.71. The van der Waals surface area contributed by atoms with Gasteiger partial charge < -0.3 is 10.2 Å². The second-order valence-corrected chi connectivity index (χ2v) is 5.66. The fourth-order valence-corrected chi connectivity index (χ4v) is 2.71. The maximum absolute atomic E-state index is 13.6. The zero-order chi connectivity index (χ0) is 16.1. The smallest absolute Gasteiger partial charge is 0.322 e. The summed E-state index contributed by atoms with van der Waals surface area (Å²) in [5.74, 6) is -0.413. The molecular weight excluding hydrogens is 293 g/mol. The number of para-hydroxylation sites is 1. The Bertz CT molecular complexity index is 654. The molecule has 0 saturated carbocycles. The third-order valence-electron chi connectivity index (χ3n) is 4.02. The van der Waals surface area contributed by atoms with E-state index in [0.29, 0.717) is 13.1 Å². The van der Waals surface area contributed by atoms with Gasteiger partial charge in [0.05, 0.1) is 5.69 Å². The van der Waals surface area contributed by atoms with E-state index < -0.39 is 5.82 Å². The van der Waals surface area contributed by atoms with Crippen molar-refractivity contribution in [3.63, 3.8) is 0 Å². The van der Waals surface area contributed by atoms with Gasteiger partial charge in [-0.1, -0.05) is 42.5 Å². The first-order chi connectivity index (χ1) is 11.2. The highest BCUT2D eigenvalue weighted by Gasteiger charge is 2.21. The molecule has 2 aromatic carbocycles. The lowest BCUT2D eigenvalue weighted by molar-refractivity contribution is 0.143. The van der Waals surface area contributed by atoms with E-state index in [4.69, 9.17) is 0 Å². The first kappa shape index (κ1) is 15.5. The van der Waals surface area contributed by atoms with Crippen LogP contribution in [-0.2, 0) is 6.54 Å². The molecule has 4 nitrogen and oxygen atoms in total. The Morgan fingerprint density at radius 3 is 2.30 bits per heavy atom. The second-order valence-electron chi connectivity index (χ2n) is 5.66. The normalized spacial score (nSPS) is 15.4. The number of hydrogen-bond acceptors (Lipinski definition) is 2. The molecule has 1 N–H and O–H groups in total. The summed E-state index contributed by atoms with van der Waals surface area (Å²) in [7, 11) is 0. The number of piperazine rings is 1. The average molecular weight is 313 g/mol. The average Bonchev–Trinajstić information content (AvgIpc) is 2.58.